The second kappa shape index (κ2) is 4.79. The Balaban J connectivity index is 3.09. The lowest BCUT2D eigenvalue weighted by Crippen LogP contribution is -2.26. The SMILES string of the molecule is C[C@](O)(C#Cc1cc(C=O)ccc1O)CO. The average molecular weight is 220 g/mol. The number of carbonyl (C=O) groups is 1. The fourth-order valence-corrected chi connectivity index (χ4v) is 0.969. The van der Waals surface area contributed by atoms with Gasteiger partial charge >= 0.3 is 0 Å². The van der Waals surface area contributed by atoms with Gasteiger partial charge in [-0.15, -0.1) is 0 Å². The number of aliphatic hydroxyl groups is 2. The van der Waals surface area contributed by atoms with E-state index in [1.54, 1.807) is 0 Å². The number of aldehydes is 1. The average Bonchev–Trinajstić information content (AvgIpc) is 2.28. The number of aliphatic hydroxyl groups excluding tert-OH is 1. The Morgan fingerprint density at radius 2 is 2.19 bits per heavy atom. The van der Waals surface area contributed by atoms with E-state index in [0.717, 1.165) is 0 Å². The highest BCUT2D eigenvalue weighted by molar-refractivity contribution is 5.76. The van der Waals surface area contributed by atoms with Gasteiger partial charge in [-0.2, -0.15) is 0 Å². The van der Waals surface area contributed by atoms with Crippen LogP contribution in [0.5, 0.6) is 5.75 Å². The minimum absolute atomic E-state index is 0.0770. The molecule has 0 aliphatic rings. The second-order valence-corrected chi connectivity index (χ2v) is 3.58. The Morgan fingerprint density at radius 1 is 1.50 bits per heavy atom. The van der Waals surface area contributed by atoms with Crippen molar-refractivity contribution in [2.24, 2.45) is 0 Å². The summed E-state index contributed by atoms with van der Waals surface area (Å²) in [7, 11) is 0. The summed E-state index contributed by atoms with van der Waals surface area (Å²) in [5.41, 5.74) is -0.909. The summed E-state index contributed by atoms with van der Waals surface area (Å²) < 4.78 is 0. The third-order valence-electron chi connectivity index (χ3n) is 1.93. The van der Waals surface area contributed by atoms with Crippen LogP contribution in [0, 0.1) is 11.8 Å². The predicted molar refractivity (Wildman–Crippen MR) is 58.1 cm³/mol. The molecule has 0 unspecified atom stereocenters. The lowest BCUT2D eigenvalue weighted by molar-refractivity contribution is 0.0519. The van der Waals surface area contributed by atoms with Gasteiger partial charge in [0.25, 0.3) is 0 Å². The van der Waals surface area contributed by atoms with Gasteiger partial charge in [-0.25, -0.2) is 0 Å². The first-order valence-corrected chi connectivity index (χ1v) is 4.63. The zero-order chi connectivity index (χ0) is 12.2. The smallest absolute Gasteiger partial charge is 0.150 e. The highest BCUT2D eigenvalue weighted by Gasteiger charge is 2.14. The van der Waals surface area contributed by atoms with E-state index >= 15 is 0 Å². The molecule has 0 fully saturated rings. The van der Waals surface area contributed by atoms with E-state index < -0.39 is 12.2 Å². The van der Waals surface area contributed by atoms with Crippen LogP contribution in [-0.2, 0) is 0 Å². The maximum absolute atomic E-state index is 10.5. The number of carbonyl (C=O) groups excluding carboxylic acids is 1. The van der Waals surface area contributed by atoms with Gasteiger partial charge in [-0.05, 0) is 25.1 Å². The molecule has 0 bridgehead atoms. The molecular weight excluding hydrogens is 208 g/mol. The van der Waals surface area contributed by atoms with Gasteiger partial charge in [-0.1, -0.05) is 11.8 Å². The molecule has 0 spiro atoms. The van der Waals surface area contributed by atoms with Crippen molar-refractivity contribution in [3.8, 4) is 17.6 Å². The number of rotatable bonds is 2. The molecule has 3 N–H and O–H groups in total. The van der Waals surface area contributed by atoms with Gasteiger partial charge in [-0.3, -0.25) is 4.79 Å². The van der Waals surface area contributed by atoms with Crippen LogP contribution in [0.15, 0.2) is 18.2 Å². The van der Waals surface area contributed by atoms with E-state index in [0.29, 0.717) is 11.8 Å². The van der Waals surface area contributed by atoms with Crippen LogP contribution in [0.2, 0.25) is 0 Å². The van der Waals surface area contributed by atoms with Crippen LogP contribution >= 0.6 is 0 Å². The van der Waals surface area contributed by atoms with Crippen molar-refractivity contribution in [3.05, 3.63) is 29.3 Å². The number of phenolic OH excluding ortho intramolecular Hbond substituents is 1. The molecule has 0 saturated carbocycles. The lowest BCUT2D eigenvalue weighted by atomic mass is 10.1. The summed E-state index contributed by atoms with van der Waals surface area (Å²) in [6.45, 7) is 0.842. The summed E-state index contributed by atoms with van der Waals surface area (Å²) >= 11 is 0. The Bertz CT molecular complexity index is 452. The maximum Gasteiger partial charge on any atom is 0.150 e. The Hall–Kier alpha value is -1.83. The van der Waals surface area contributed by atoms with Crippen LogP contribution in [0.4, 0.5) is 0 Å². The molecule has 1 rings (SSSR count). The quantitative estimate of drug-likeness (QED) is 0.495. The third kappa shape index (κ3) is 3.09. The largest absolute Gasteiger partial charge is 0.507 e. The van der Waals surface area contributed by atoms with Crippen molar-refractivity contribution in [1.29, 1.82) is 0 Å². The van der Waals surface area contributed by atoms with E-state index in [2.05, 4.69) is 11.8 Å². The number of phenols is 1. The van der Waals surface area contributed by atoms with E-state index in [1.807, 2.05) is 0 Å². The summed E-state index contributed by atoms with van der Waals surface area (Å²) in [6, 6.07) is 4.21. The van der Waals surface area contributed by atoms with Gasteiger partial charge < -0.3 is 15.3 Å². The van der Waals surface area contributed by atoms with Crippen LogP contribution in [0.25, 0.3) is 0 Å². The van der Waals surface area contributed by atoms with Gasteiger partial charge in [0.1, 0.15) is 17.6 Å². The summed E-state index contributed by atoms with van der Waals surface area (Å²) in [5, 5.41) is 27.6. The number of hydrogen-bond acceptors (Lipinski definition) is 4. The van der Waals surface area contributed by atoms with Gasteiger partial charge in [0.2, 0.25) is 0 Å². The first-order chi connectivity index (χ1) is 7.48. The molecular formula is C12H12O4. The Morgan fingerprint density at radius 3 is 2.75 bits per heavy atom. The molecule has 84 valence electrons. The van der Waals surface area contributed by atoms with Gasteiger partial charge in [0.05, 0.1) is 12.2 Å². The molecule has 1 aromatic carbocycles. The Kier molecular flexibility index (Phi) is 3.67. The van der Waals surface area contributed by atoms with E-state index in [4.69, 9.17) is 5.11 Å². The molecule has 0 aliphatic carbocycles. The van der Waals surface area contributed by atoms with E-state index in [-0.39, 0.29) is 11.3 Å². The van der Waals surface area contributed by atoms with Crippen LogP contribution < -0.4 is 0 Å². The predicted octanol–water partition coefficient (Wildman–Crippen LogP) is 0.299. The third-order valence-corrected chi connectivity index (χ3v) is 1.93. The fourth-order valence-electron chi connectivity index (χ4n) is 0.969. The second-order valence-electron chi connectivity index (χ2n) is 3.58. The minimum Gasteiger partial charge on any atom is -0.507 e. The molecule has 0 radical (unpaired) electrons. The van der Waals surface area contributed by atoms with Crippen molar-refractivity contribution < 1.29 is 20.1 Å². The van der Waals surface area contributed by atoms with Crippen molar-refractivity contribution in [2.75, 3.05) is 6.61 Å². The molecule has 16 heavy (non-hydrogen) atoms. The van der Waals surface area contributed by atoms with Crippen molar-refractivity contribution >= 4 is 6.29 Å². The summed E-state index contributed by atoms with van der Waals surface area (Å²) in [5.74, 6) is 4.83. The molecule has 0 heterocycles. The summed E-state index contributed by atoms with van der Waals surface area (Å²) in [4.78, 5) is 10.5. The minimum atomic E-state index is -1.52. The van der Waals surface area contributed by atoms with Crippen molar-refractivity contribution in [3.63, 3.8) is 0 Å². The lowest BCUT2D eigenvalue weighted by Gasteiger charge is -2.10. The van der Waals surface area contributed by atoms with Crippen LogP contribution in [0.3, 0.4) is 0 Å². The molecule has 0 aromatic heterocycles. The molecule has 4 nitrogen and oxygen atoms in total. The molecule has 1 aromatic rings. The topological polar surface area (TPSA) is 77.8 Å². The highest BCUT2D eigenvalue weighted by Crippen LogP contribution is 2.16. The molecule has 1 atom stereocenters. The van der Waals surface area contributed by atoms with Gasteiger partial charge in [0, 0.05) is 5.56 Å². The normalized spacial score (nSPS) is 13.4. The van der Waals surface area contributed by atoms with Crippen molar-refractivity contribution in [1.82, 2.24) is 0 Å². The zero-order valence-electron chi connectivity index (χ0n) is 8.77. The number of hydrogen-bond donors (Lipinski definition) is 3. The molecule has 0 aliphatic heterocycles. The molecule has 0 saturated heterocycles. The van der Waals surface area contributed by atoms with Crippen LogP contribution in [-0.4, -0.2) is 33.8 Å². The van der Waals surface area contributed by atoms with E-state index in [1.165, 1.54) is 25.1 Å². The van der Waals surface area contributed by atoms with E-state index in [9.17, 15) is 15.0 Å². The standard InChI is InChI=1S/C12H12O4/c1-12(16,8-14)5-4-10-6-9(7-13)2-3-11(10)15/h2-3,6-7,14-16H,8H2,1H3/t12-/m0/s1. The Labute approximate surface area is 93.2 Å². The highest BCUT2D eigenvalue weighted by atomic mass is 16.3. The number of benzene rings is 1. The maximum atomic E-state index is 10.5. The molecule has 0 amide bonds. The fraction of sp³-hybridized carbons (Fsp3) is 0.250. The summed E-state index contributed by atoms with van der Waals surface area (Å²) in [6.07, 6.45) is 0.634. The number of aromatic hydroxyl groups is 1. The van der Waals surface area contributed by atoms with Crippen LogP contribution in [0.1, 0.15) is 22.8 Å². The first-order valence-electron chi connectivity index (χ1n) is 4.63. The molecule has 4 heteroatoms. The zero-order valence-corrected chi connectivity index (χ0v) is 8.77. The monoisotopic (exact) mass is 220 g/mol. The van der Waals surface area contributed by atoms with Crippen molar-refractivity contribution in [2.45, 2.75) is 12.5 Å². The first kappa shape index (κ1) is 12.2. The van der Waals surface area contributed by atoms with Gasteiger partial charge in [0.15, 0.2) is 0 Å².